The zero-order valence-corrected chi connectivity index (χ0v) is 24.4. The average molecular weight is 581 g/mol. The zero-order valence-electron chi connectivity index (χ0n) is 23.6. The first-order chi connectivity index (χ1) is 19.5. The summed E-state index contributed by atoms with van der Waals surface area (Å²) in [5.74, 6) is 0.679. The van der Waals surface area contributed by atoms with E-state index in [0.29, 0.717) is 12.4 Å². The van der Waals surface area contributed by atoms with Crippen molar-refractivity contribution in [2.45, 2.75) is 62.3 Å². The number of rotatable bonds is 11. The summed E-state index contributed by atoms with van der Waals surface area (Å²) in [5.41, 5.74) is 3.30. The molecule has 7 heteroatoms. The normalized spacial score (nSPS) is 13.6. The molecular weight excluding hydrogens is 545 g/mol. The number of halogens is 3. The van der Waals surface area contributed by atoms with Crippen LogP contribution in [-0.4, -0.2) is 23.6 Å². The van der Waals surface area contributed by atoms with E-state index >= 15 is 0 Å². The van der Waals surface area contributed by atoms with Gasteiger partial charge in [-0.25, -0.2) is 0 Å². The molecule has 41 heavy (non-hydrogen) atoms. The van der Waals surface area contributed by atoms with Crippen molar-refractivity contribution in [3.05, 3.63) is 119 Å². The highest BCUT2D eigenvalue weighted by molar-refractivity contribution is 7.99. The molecule has 216 valence electrons. The highest BCUT2D eigenvalue weighted by atomic mass is 32.2. The van der Waals surface area contributed by atoms with E-state index in [0.717, 1.165) is 45.7 Å². The molecule has 0 bridgehead atoms. The molecule has 0 saturated carbocycles. The van der Waals surface area contributed by atoms with Crippen LogP contribution in [0.25, 0.3) is 11.1 Å². The second kappa shape index (κ2) is 13.1. The summed E-state index contributed by atoms with van der Waals surface area (Å²) in [6.45, 7) is 7.77. The Bertz CT molecular complexity index is 1400. The van der Waals surface area contributed by atoms with Gasteiger partial charge in [0, 0.05) is 16.8 Å². The minimum atomic E-state index is -4.35. The maximum Gasteiger partial charge on any atom is 0.416 e. The van der Waals surface area contributed by atoms with Crippen molar-refractivity contribution in [1.29, 1.82) is 0 Å². The Hall–Kier alpha value is -3.26. The smallest absolute Gasteiger partial charge is 0.416 e. The molecule has 0 spiro atoms. The molecule has 2 unspecified atom stereocenters. The van der Waals surface area contributed by atoms with E-state index in [9.17, 15) is 18.3 Å². The second-order valence-corrected chi connectivity index (χ2v) is 11.7. The lowest BCUT2D eigenvalue weighted by Gasteiger charge is -2.31. The number of aliphatic hydroxyl groups is 1. The van der Waals surface area contributed by atoms with Crippen molar-refractivity contribution in [1.82, 2.24) is 0 Å². The van der Waals surface area contributed by atoms with E-state index in [4.69, 9.17) is 9.47 Å². The summed E-state index contributed by atoms with van der Waals surface area (Å²) in [6.07, 6.45) is -4.61. The van der Waals surface area contributed by atoms with E-state index < -0.39 is 23.6 Å². The molecular formula is C34H35F3O3S. The first-order valence-electron chi connectivity index (χ1n) is 13.5. The number of ether oxygens (including phenoxy) is 2. The summed E-state index contributed by atoms with van der Waals surface area (Å²) in [6, 6.07) is 29.6. The van der Waals surface area contributed by atoms with Crippen molar-refractivity contribution in [3.8, 4) is 16.9 Å². The molecule has 0 amide bonds. The van der Waals surface area contributed by atoms with Crippen molar-refractivity contribution in [2.75, 3.05) is 6.61 Å². The fourth-order valence-electron chi connectivity index (χ4n) is 4.46. The van der Waals surface area contributed by atoms with Crippen LogP contribution < -0.4 is 4.74 Å². The fourth-order valence-corrected chi connectivity index (χ4v) is 5.75. The van der Waals surface area contributed by atoms with Crippen LogP contribution in [0.15, 0.2) is 102 Å². The molecule has 0 aliphatic rings. The third-order valence-electron chi connectivity index (χ3n) is 6.81. The number of hydrogen-bond donors (Lipinski definition) is 1. The van der Waals surface area contributed by atoms with Crippen molar-refractivity contribution in [3.63, 3.8) is 0 Å². The molecule has 0 heterocycles. The van der Waals surface area contributed by atoms with Gasteiger partial charge in [-0.05, 0) is 92.3 Å². The maximum atomic E-state index is 13.0. The molecule has 4 rings (SSSR count). The van der Waals surface area contributed by atoms with Crippen LogP contribution >= 0.6 is 11.8 Å². The van der Waals surface area contributed by atoms with Gasteiger partial charge in [0.2, 0.25) is 0 Å². The SMILES string of the molecule is CCOC(O)C(C)(C)Oc1ccc(SC(Cc2ccccc2)c2ccc(-c3ccc(C(F)(F)F)cc3)cc2)cc1C. The number of hydrogen-bond acceptors (Lipinski definition) is 4. The summed E-state index contributed by atoms with van der Waals surface area (Å²) in [4.78, 5) is 1.07. The summed E-state index contributed by atoms with van der Waals surface area (Å²) in [5, 5.41) is 10.4. The van der Waals surface area contributed by atoms with E-state index in [1.165, 1.54) is 17.7 Å². The van der Waals surface area contributed by atoms with Crippen molar-refractivity contribution < 1.29 is 27.8 Å². The maximum absolute atomic E-state index is 13.0. The summed E-state index contributed by atoms with van der Waals surface area (Å²) in [7, 11) is 0. The number of thioether (sulfide) groups is 1. The lowest BCUT2D eigenvalue weighted by Crippen LogP contribution is -2.43. The number of aliphatic hydroxyl groups excluding tert-OH is 1. The third-order valence-corrected chi connectivity index (χ3v) is 8.06. The minimum absolute atomic E-state index is 0.0986. The van der Waals surface area contributed by atoms with Crippen LogP contribution in [0, 0.1) is 6.92 Å². The van der Waals surface area contributed by atoms with Crippen LogP contribution in [0.4, 0.5) is 13.2 Å². The molecule has 0 aliphatic heterocycles. The van der Waals surface area contributed by atoms with E-state index in [2.05, 4.69) is 30.3 Å². The first-order valence-corrected chi connectivity index (χ1v) is 14.4. The van der Waals surface area contributed by atoms with Crippen LogP contribution in [0.2, 0.25) is 0 Å². The Morgan fingerprint density at radius 3 is 2.00 bits per heavy atom. The molecule has 3 nitrogen and oxygen atoms in total. The molecule has 4 aromatic rings. The molecule has 0 aliphatic carbocycles. The lowest BCUT2D eigenvalue weighted by atomic mass is 9.99. The molecule has 2 atom stereocenters. The summed E-state index contributed by atoms with van der Waals surface area (Å²) < 4.78 is 50.4. The Kier molecular flexibility index (Phi) is 9.84. The van der Waals surface area contributed by atoms with Gasteiger partial charge < -0.3 is 14.6 Å². The Morgan fingerprint density at radius 2 is 1.44 bits per heavy atom. The van der Waals surface area contributed by atoms with Gasteiger partial charge in [-0.15, -0.1) is 11.8 Å². The van der Waals surface area contributed by atoms with Crippen molar-refractivity contribution in [2.24, 2.45) is 0 Å². The van der Waals surface area contributed by atoms with Gasteiger partial charge in [0.25, 0.3) is 0 Å². The number of aryl methyl sites for hydroxylation is 1. The van der Waals surface area contributed by atoms with Gasteiger partial charge in [-0.1, -0.05) is 66.7 Å². The Labute approximate surface area is 244 Å². The van der Waals surface area contributed by atoms with Gasteiger partial charge in [0.05, 0.1) is 5.56 Å². The standard InChI is InChI=1S/C34H35F3O3S/c1-5-39-32(38)33(3,4)40-30-20-19-29(21-23(30)2)41-31(22-24-9-7-6-8-10-24)27-13-11-25(12-14-27)26-15-17-28(18-16-26)34(35,36)37/h6-21,31-32,38H,5,22H2,1-4H3. The first kappa shape index (κ1) is 30.7. The predicted molar refractivity (Wildman–Crippen MR) is 159 cm³/mol. The topological polar surface area (TPSA) is 38.7 Å². The van der Waals surface area contributed by atoms with Gasteiger partial charge in [-0.2, -0.15) is 13.2 Å². The molecule has 0 fully saturated rings. The molecule has 0 radical (unpaired) electrons. The van der Waals surface area contributed by atoms with Gasteiger partial charge in [0.1, 0.15) is 5.75 Å². The third kappa shape index (κ3) is 8.15. The molecule has 0 aromatic heterocycles. The molecule has 0 saturated heterocycles. The van der Waals surface area contributed by atoms with Gasteiger partial charge in [0.15, 0.2) is 11.9 Å². The number of alkyl halides is 3. The number of benzene rings is 4. The lowest BCUT2D eigenvalue weighted by molar-refractivity contribution is -0.186. The van der Waals surface area contributed by atoms with E-state index in [-0.39, 0.29) is 5.25 Å². The van der Waals surface area contributed by atoms with E-state index in [1.54, 1.807) is 25.6 Å². The molecule has 1 N–H and O–H groups in total. The monoisotopic (exact) mass is 580 g/mol. The predicted octanol–water partition coefficient (Wildman–Crippen LogP) is 9.27. The highest BCUT2D eigenvalue weighted by Crippen LogP contribution is 2.40. The Balaban J connectivity index is 1.56. The fraction of sp³-hybridized carbons (Fsp3) is 0.294. The van der Waals surface area contributed by atoms with Crippen LogP contribution in [0.1, 0.15) is 48.3 Å². The molecule has 4 aromatic carbocycles. The van der Waals surface area contributed by atoms with Gasteiger partial charge >= 0.3 is 6.18 Å². The van der Waals surface area contributed by atoms with E-state index in [1.807, 2.05) is 56.3 Å². The largest absolute Gasteiger partial charge is 0.482 e. The second-order valence-electron chi connectivity index (χ2n) is 10.4. The minimum Gasteiger partial charge on any atom is -0.482 e. The van der Waals surface area contributed by atoms with Gasteiger partial charge in [-0.3, -0.25) is 0 Å². The average Bonchev–Trinajstić information content (AvgIpc) is 2.94. The zero-order chi connectivity index (χ0) is 29.6. The van der Waals surface area contributed by atoms with Crippen LogP contribution in [0.3, 0.4) is 0 Å². The Morgan fingerprint density at radius 1 is 0.829 bits per heavy atom. The van der Waals surface area contributed by atoms with Crippen LogP contribution in [-0.2, 0) is 17.3 Å². The van der Waals surface area contributed by atoms with Crippen molar-refractivity contribution >= 4 is 11.8 Å². The quantitative estimate of drug-likeness (QED) is 0.142. The van der Waals surface area contributed by atoms with Crippen LogP contribution in [0.5, 0.6) is 5.75 Å². The highest BCUT2D eigenvalue weighted by Gasteiger charge is 2.31. The summed E-state index contributed by atoms with van der Waals surface area (Å²) >= 11 is 1.74.